The van der Waals surface area contributed by atoms with Gasteiger partial charge in [-0.15, -0.1) is 11.3 Å². The molecule has 0 aliphatic carbocycles. The summed E-state index contributed by atoms with van der Waals surface area (Å²) in [5.74, 6) is 0.786. The number of thiazole rings is 1. The van der Waals surface area contributed by atoms with E-state index in [4.69, 9.17) is 0 Å². The van der Waals surface area contributed by atoms with E-state index in [1.807, 2.05) is 35.7 Å². The summed E-state index contributed by atoms with van der Waals surface area (Å²) in [5, 5.41) is 12.6. The molecule has 0 bridgehead atoms. The molecule has 0 atom stereocenters. The van der Waals surface area contributed by atoms with E-state index in [9.17, 15) is 4.79 Å². The fourth-order valence-electron chi connectivity index (χ4n) is 4.16. The van der Waals surface area contributed by atoms with E-state index < -0.39 is 0 Å². The van der Waals surface area contributed by atoms with Crippen LogP contribution in [0.15, 0.2) is 53.9 Å². The van der Waals surface area contributed by atoms with E-state index in [2.05, 4.69) is 54.0 Å². The Morgan fingerprint density at radius 1 is 1.03 bits per heavy atom. The Bertz CT molecular complexity index is 1210. The third-order valence-corrected chi connectivity index (χ3v) is 6.83. The number of imidazole rings is 1. The molecule has 2 aromatic carbocycles. The van der Waals surface area contributed by atoms with Gasteiger partial charge in [-0.05, 0) is 23.8 Å². The molecule has 3 heterocycles. The molecular weight excluding hydrogens is 446 g/mol. The number of anilines is 1. The first-order valence-electron chi connectivity index (χ1n) is 11.7. The maximum absolute atomic E-state index is 12.7. The van der Waals surface area contributed by atoms with Crippen molar-refractivity contribution in [1.29, 1.82) is 0 Å². The number of aromatic amines is 1. The molecule has 176 valence electrons. The van der Waals surface area contributed by atoms with Gasteiger partial charge in [0, 0.05) is 56.8 Å². The molecule has 2 aromatic heterocycles. The Labute approximate surface area is 202 Å². The molecule has 8 nitrogen and oxygen atoms in total. The van der Waals surface area contributed by atoms with Gasteiger partial charge in [-0.25, -0.2) is 9.97 Å². The van der Waals surface area contributed by atoms with Crippen LogP contribution in [0, 0.1) is 0 Å². The zero-order valence-electron chi connectivity index (χ0n) is 19.0. The number of benzene rings is 2. The topological polar surface area (TPSA) is 98.0 Å². The summed E-state index contributed by atoms with van der Waals surface area (Å²) in [6.45, 7) is 5.84. The van der Waals surface area contributed by atoms with Crippen molar-refractivity contribution in [2.24, 2.45) is 0 Å². The quantitative estimate of drug-likeness (QED) is 0.278. The number of rotatable bonds is 9. The Kier molecular flexibility index (Phi) is 7.13. The maximum Gasteiger partial charge on any atom is 0.271 e. The van der Waals surface area contributed by atoms with Gasteiger partial charge in [0.25, 0.3) is 5.91 Å². The van der Waals surface area contributed by atoms with Gasteiger partial charge in [0.2, 0.25) is 0 Å². The number of amides is 1. The highest BCUT2D eigenvalue weighted by molar-refractivity contribution is 7.09. The fourth-order valence-corrected chi connectivity index (χ4v) is 4.94. The third kappa shape index (κ3) is 5.44. The SMILES string of the molecule is O=C(NCc1ccccc1N1CCNCC1)c1csc(CCNCc2nc3ccccc3[nH]2)n1. The monoisotopic (exact) mass is 475 g/mol. The van der Waals surface area contributed by atoms with Crippen LogP contribution in [0.3, 0.4) is 0 Å². The van der Waals surface area contributed by atoms with Crippen LogP contribution in [-0.4, -0.2) is 53.6 Å². The summed E-state index contributed by atoms with van der Waals surface area (Å²) < 4.78 is 0. The second-order valence-corrected chi connectivity index (χ2v) is 9.24. The average molecular weight is 476 g/mol. The number of H-pyrrole nitrogens is 1. The van der Waals surface area contributed by atoms with Gasteiger partial charge in [-0.3, -0.25) is 4.79 Å². The van der Waals surface area contributed by atoms with Crippen LogP contribution in [0.2, 0.25) is 0 Å². The Balaban J connectivity index is 1.10. The summed E-state index contributed by atoms with van der Waals surface area (Å²) in [5.41, 5.74) is 4.83. The van der Waals surface area contributed by atoms with E-state index in [0.29, 0.717) is 18.8 Å². The highest BCUT2D eigenvalue weighted by atomic mass is 32.1. The molecule has 1 saturated heterocycles. The van der Waals surface area contributed by atoms with Crippen LogP contribution in [-0.2, 0) is 19.5 Å². The predicted molar refractivity (Wildman–Crippen MR) is 136 cm³/mol. The second-order valence-electron chi connectivity index (χ2n) is 8.30. The lowest BCUT2D eigenvalue weighted by Gasteiger charge is -2.31. The smallest absolute Gasteiger partial charge is 0.271 e. The van der Waals surface area contributed by atoms with Crippen LogP contribution in [0.25, 0.3) is 11.0 Å². The number of fused-ring (bicyclic) bond motifs is 1. The fraction of sp³-hybridized carbons (Fsp3) is 0.320. The number of para-hydroxylation sites is 3. The Morgan fingerprint density at radius 2 is 1.85 bits per heavy atom. The van der Waals surface area contributed by atoms with Crippen LogP contribution in [0.1, 0.15) is 26.9 Å². The molecule has 1 aliphatic heterocycles. The number of carbonyl (C=O) groups excluding carboxylic acids is 1. The van der Waals surface area contributed by atoms with Gasteiger partial charge in [0.15, 0.2) is 0 Å². The summed E-state index contributed by atoms with van der Waals surface area (Å²) in [7, 11) is 0. The van der Waals surface area contributed by atoms with Crippen molar-refractivity contribution in [3.05, 3.63) is 76.0 Å². The average Bonchev–Trinajstić information content (AvgIpc) is 3.53. The zero-order chi connectivity index (χ0) is 23.2. The molecule has 1 aliphatic rings. The first kappa shape index (κ1) is 22.5. The van der Waals surface area contributed by atoms with Crippen LogP contribution >= 0.6 is 11.3 Å². The zero-order valence-corrected chi connectivity index (χ0v) is 19.8. The van der Waals surface area contributed by atoms with Crippen LogP contribution < -0.4 is 20.9 Å². The first-order chi connectivity index (χ1) is 16.8. The van der Waals surface area contributed by atoms with E-state index in [1.165, 1.54) is 17.0 Å². The van der Waals surface area contributed by atoms with Crippen molar-refractivity contribution < 1.29 is 4.79 Å². The van der Waals surface area contributed by atoms with Crippen molar-refractivity contribution in [1.82, 2.24) is 30.9 Å². The van der Waals surface area contributed by atoms with Gasteiger partial charge in [0.1, 0.15) is 11.5 Å². The van der Waals surface area contributed by atoms with Crippen LogP contribution in [0.4, 0.5) is 5.69 Å². The highest BCUT2D eigenvalue weighted by Gasteiger charge is 2.15. The number of aromatic nitrogens is 3. The lowest BCUT2D eigenvalue weighted by atomic mass is 10.1. The minimum Gasteiger partial charge on any atom is -0.369 e. The van der Waals surface area contributed by atoms with E-state index in [0.717, 1.165) is 66.6 Å². The van der Waals surface area contributed by atoms with E-state index in [-0.39, 0.29) is 5.91 Å². The summed E-state index contributed by atoms with van der Waals surface area (Å²) in [6.07, 6.45) is 0.768. The molecule has 1 amide bonds. The van der Waals surface area contributed by atoms with Gasteiger partial charge in [0.05, 0.1) is 22.6 Å². The number of hydrogen-bond donors (Lipinski definition) is 4. The second kappa shape index (κ2) is 10.8. The highest BCUT2D eigenvalue weighted by Crippen LogP contribution is 2.21. The summed E-state index contributed by atoms with van der Waals surface area (Å²) in [4.78, 5) is 27.5. The number of hydrogen-bond acceptors (Lipinski definition) is 7. The third-order valence-electron chi connectivity index (χ3n) is 5.92. The van der Waals surface area contributed by atoms with Crippen molar-refractivity contribution >= 4 is 34.0 Å². The van der Waals surface area contributed by atoms with Crippen molar-refractivity contribution in [2.45, 2.75) is 19.5 Å². The molecular formula is C25H29N7OS. The molecule has 1 fully saturated rings. The number of carbonyl (C=O) groups is 1. The van der Waals surface area contributed by atoms with Crippen LogP contribution in [0.5, 0.6) is 0 Å². The predicted octanol–water partition coefficient (Wildman–Crippen LogP) is 2.69. The van der Waals surface area contributed by atoms with Gasteiger partial charge >= 0.3 is 0 Å². The molecule has 0 spiro atoms. The van der Waals surface area contributed by atoms with Crippen molar-refractivity contribution in [3.8, 4) is 0 Å². The van der Waals surface area contributed by atoms with E-state index in [1.54, 1.807) is 0 Å². The summed E-state index contributed by atoms with van der Waals surface area (Å²) >= 11 is 1.52. The Morgan fingerprint density at radius 3 is 2.74 bits per heavy atom. The molecule has 0 unspecified atom stereocenters. The van der Waals surface area contributed by atoms with Crippen molar-refractivity contribution in [3.63, 3.8) is 0 Å². The molecule has 34 heavy (non-hydrogen) atoms. The minimum atomic E-state index is -0.132. The molecule has 4 N–H and O–H groups in total. The Hall–Kier alpha value is -3.27. The number of nitrogens with one attached hydrogen (secondary N) is 4. The van der Waals surface area contributed by atoms with Gasteiger partial charge in [-0.1, -0.05) is 30.3 Å². The number of piperazine rings is 1. The normalized spacial score (nSPS) is 13.9. The summed E-state index contributed by atoms with van der Waals surface area (Å²) in [6, 6.07) is 16.3. The van der Waals surface area contributed by atoms with E-state index >= 15 is 0 Å². The minimum absolute atomic E-state index is 0.132. The lowest BCUT2D eigenvalue weighted by Crippen LogP contribution is -2.44. The molecule has 0 radical (unpaired) electrons. The lowest BCUT2D eigenvalue weighted by molar-refractivity contribution is 0.0946. The molecule has 0 saturated carbocycles. The standard InChI is InChI=1S/C25H29N7OS/c33-25(28-15-18-5-1-4-8-22(18)32-13-11-26-12-14-32)21-17-34-24(31-21)9-10-27-16-23-29-19-6-2-3-7-20(19)30-23/h1-8,17,26-27H,9-16H2,(H,28,33)(H,29,30). The van der Waals surface area contributed by atoms with Crippen molar-refractivity contribution in [2.75, 3.05) is 37.6 Å². The van der Waals surface area contributed by atoms with Gasteiger partial charge < -0.3 is 25.8 Å². The first-order valence-corrected chi connectivity index (χ1v) is 12.5. The molecule has 4 aromatic rings. The van der Waals surface area contributed by atoms with Gasteiger partial charge in [-0.2, -0.15) is 0 Å². The number of nitrogens with zero attached hydrogens (tertiary/aromatic N) is 3. The maximum atomic E-state index is 12.7. The molecule has 9 heteroatoms. The largest absolute Gasteiger partial charge is 0.369 e. The molecule has 5 rings (SSSR count).